The molecular formula is C17H12ClN3O2S2. The number of aryl methyl sites for hydroxylation is 1. The molecule has 0 spiro atoms. The highest BCUT2D eigenvalue weighted by molar-refractivity contribution is 8.00. The molecule has 8 heteroatoms. The molecule has 0 aliphatic rings. The maximum Gasteiger partial charge on any atom is 0.333 e. The van der Waals surface area contributed by atoms with Crippen molar-refractivity contribution in [2.24, 2.45) is 0 Å². The minimum Gasteiger partial charge on any atom is -0.258 e. The number of aromatic nitrogens is 2. The van der Waals surface area contributed by atoms with E-state index >= 15 is 0 Å². The summed E-state index contributed by atoms with van der Waals surface area (Å²) in [6.45, 7) is 1.99. The molecule has 0 saturated carbocycles. The summed E-state index contributed by atoms with van der Waals surface area (Å²) < 4.78 is 0. The van der Waals surface area contributed by atoms with E-state index in [4.69, 9.17) is 11.6 Å². The van der Waals surface area contributed by atoms with E-state index in [9.17, 15) is 10.1 Å². The molecule has 126 valence electrons. The molecule has 0 atom stereocenters. The molecular weight excluding hydrogens is 378 g/mol. The van der Waals surface area contributed by atoms with E-state index in [-0.39, 0.29) is 5.69 Å². The van der Waals surface area contributed by atoms with E-state index in [0.717, 1.165) is 15.4 Å². The van der Waals surface area contributed by atoms with Gasteiger partial charge in [0.15, 0.2) is 10.1 Å². The van der Waals surface area contributed by atoms with Crippen LogP contribution in [0.15, 0.2) is 74.7 Å². The van der Waals surface area contributed by atoms with Gasteiger partial charge < -0.3 is 0 Å². The van der Waals surface area contributed by atoms with Crippen molar-refractivity contribution >= 4 is 40.8 Å². The lowest BCUT2D eigenvalue weighted by atomic mass is 10.2. The molecule has 0 fully saturated rings. The monoisotopic (exact) mass is 389 g/mol. The van der Waals surface area contributed by atoms with E-state index in [1.807, 2.05) is 31.2 Å². The van der Waals surface area contributed by atoms with Crippen LogP contribution in [0.3, 0.4) is 0 Å². The second-order valence-corrected chi connectivity index (χ2v) is 7.62. The fourth-order valence-corrected chi connectivity index (χ4v) is 3.90. The van der Waals surface area contributed by atoms with Crippen molar-refractivity contribution in [2.75, 3.05) is 0 Å². The van der Waals surface area contributed by atoms with Gasteiger partial charge in [0.25, 0.3) is 0 Å². The molecule has 3 rings (SSSR count). The van der Waals surface area contributed by atoms with Crippen molar-refractivity contribution in [3.8, 4) is 0 Å². The number of rotatable bonds is 5. The molecule has 2 aromatic carbocycles. The third-order valence-corrected chi connectivity index (χ3v) is 5.45. The van der Waals surface area contributed by atoms with Crippen LogP contribution in [0, 0.1) is 17.0 Å². The maximum atomic E-state index is 11.6. The van der Waals surface area contributed by atoms with Crippen LogP contribution < -0.4 is 0 Å². The SMILES string of the molecule is Cc1ccc(Sc2ncnc(Sc3ccc(Cl)cc3)c2[N+](=O)[O-])cc1. The van der Waals surface area contributed by atoms with Gasteiger partial charge in [-0.1, -0.05) is 52.8 Å². The standard InChI is InChI=1S/C17H12ClN3O2S2/c1-11-2-6-13(7-3-11)24-16-15(21(22)23)17(20-10-19-16)25-14-8-4-12(18)5-9-14/h2-10H,1H3. The first kappa shape index (κ1) is 17.7. The number of nitro groups is 1. The summed E-state index contributed by atoms with van der Waals surface area (Å²) in [5.74, 6) is 0. The summed E-state index contributed by atoms with van der Waals surface area (Å²) >= 11 is 8.34. The van der Waals surface area contributed by atoms with E-state index in [0.29, 0.717) is 15.1 Å². The van der Waals surface area contributed by atoms with Crippen LogP contribution in [-0.4, -0.2) is 14.9 Å². The summed E-state index contributed by atoms with van der Waals surface area (Å²) in [7, 11) is 0. The molecule has 3 aromatic rings. The minimum absolute atomic E-state index is 0.0898. The van der Waals surface area contributed by atoms with Gasteiger partial charge in [0.1, 0.15) is 6.33 Å². The van der Waals surface area contributed by atoms with Crippen molar-refractivity contribution in [3.63, 3.8) is 0 Å². The fourth-order valence-electron chi connectivity index (χ4n) is 1.99. The molecule has 0 N–H and O–H groups in total. The Hall–Kier alpha value is -2.09. The quantitative estimate of drug-likeness (QED) is 0.319. The zero-order valence-corrected chi connectivity index (χ0v) is 15.4. The van der Waals surface area contributed by atoms with Gasteiger partial charge in [-0.25, -0.2) is 9.97 Å². The highest BCUT2D eigenvalue weighted by Gasteiger charge is 2.24. The van der Waals surface area contributed by atoms with Crippen molar-refractivity contribution < 1.29 is 4.92 Å². The summed E-state index contributed by atoms with van der Waals surface area (Å²) in [5, 5.41) is 12.8. The summed E-state index contributed by atoms with van der Waals surface area (Å²) in [6, 6.07) is 14.8. The van der Waals surface area contributed by atoms with Gasteiger partial charge in [0, 0.05) is 14.8 Å². The topological polar surface area (TPSA) is 68.9 Å². The first-order valence-electron chi connectivity index (χ1n) is 7.20. The van der Waals surface area contributed by atoms with Gasteiger partial charge in [0.05, 0.1) is 4.92 Å². The highest BCUT2D eigenvalue weighted by atomic mass is 35.5. The van der Waals surface area contributed by atoms with Gasteiger partial charge in [-0.05, 0) is 43.3 Å². The first-order valence-corrected chi connectivity index (χ1v) is 9.21. The lowest BCUT2D eigenvalue weighted by Gasteiger charge is -2.06. The molecule has 0 unspecified atom stereocenters. The Morgan fingerprint density at radius 2 is 1.40 bits per heavy atom. The lowest BCUT2D eigenvalue weighted by Crippen LogP contribution is -1.98. The molecule has 0 bridgehead atoms. The number of hydrogen-bond acceptors (Lipinski definition) is 6. The number of hydrogen-bond donors (Lipinski definition) is 0. The Labute approximate surface area is 158 Å². The largest absolute Gasteiger partial charge is 0.333 e. The molecule has 0 saturated heterocycles. The van der Waals surface area contributed by atoms with Crippen LogP contribution in [0.25, 0.3) is 0 Å². The van der Waals surface area contributed by atoms with Gasteiger partial charge in [-0.3, -0.25) is 10.1 Å². The van der Waals surface area contributed by atoms with Crippen molar-refractivity contribution in [2.45, 2.75) is 26.8 Å². The second-order valence-electron chi connectivity index (χ2n) is 5.06. The van der Waals surface area contributed by atoms with E-state index in [1.54, 1.807) is 24.3 Å². The Kier molecular flexibility index (Phi) is 5.57. The number of nitrogens with zero attached hydrogens (tertiary/aromatic N) is 3. The average molecular weight is 390 g/mol. The second kappa shape index (κ2) is 7.86. The van der Waals surface area contributed by atoms with E-state index in [1.165, 1.54) is 29.9 Å². The normalized spacial score (nSPS) is 10.6. The summed E-state index contributed by atoms with van der Waals surface area (Å²) in [4.78, 5) is 21.1. The molecule has 5 nitrogen and oxygen atoms in total. The lowest BCUT2D eigenvalue weighted by molar-refractivity contribution is -0.391. The highest BCUT2D eigenvalue weighted by Crippen LogP contribution is 2.40. The summed E-state index contributed by atoms with van der Waals surface area (Å²) in [6.07, 6.45) is 1.35. The maximum absolute atomic E-state index is 11.6. The van der Waals surface area contributed by atoms with Crippen LogP contribution in [0.4, 0.5) is 5.69 Å². The molecule has 1 aromatic heterocycles. The van der Waals surface area contributed by atoms with Gasteiger partial charge in [0.2, 0.25) is 0 Å². The van der Waals surface area contributed by atoms with Crippen molar-refractivity contribution in [1.29, 1.82) is 0 Å². The average Bonchev–Trinajstić information content (AvgIpc) is 2.59. The van der Waals surface area contributed by atoms with Crippen LogP contribution in [-0.2, 0) is 0 Å². The van der Waals surface area contributed by atoms with E-state index in [2.05, 4.69) is 9.97 Å². The van der Waals surface area contributed by atoms with Gasteiger partial charge >= 0.3 is 5.69 Å². The predicted octanol–water partition coefficient (Wildman–Crippen LogP) is 5.65. The molecule has 0 aliphatic heterocycles. The van der Waals surface area contributed by atoms with Gasteiger partial charge in [-0.2, -0.15) is 0 Å². The third-order valence-electron chi connectivity index (χ3n) is 3.20. The molecule has 0 aliphatic carbocycles. The molecule has 1 heterocycles. The Morgan fingerprint density at radius 3 is 1.88 bits per heavy atom. The van der Waals surface area contributed by atoms with Crippen LogP contribution in [0.1, 0.15) is 5.56 Å². The third kappa shape index (κ3) is 4.50. The van der Waals surface area contributed by atoms with Crippen molar-refractivity contribution in [1.82, 2.24) is 9.97 Å². The zero-order valence-electron chi connectivity index (χ0n) is 13.0. The van der Waals surface area contributed by atoms with Crippen LogP contribution >= 0.6 is 35.1 Å². The molecule has 25 heavy (non-hydrogen) atoms. The Morgan fingerprint density at radius 1 is 0.920 bits per heavy atom. The Balaban J connectivity index is 1.94. The Bertz CT molecular complexity index is 837. The first-order chi connectivity index (χ1) is 12.0. The number of benzene rings is 2. The van der Waals surface area contributed by atoms with Crippen LogP contribution in [0.5, 0.6) is 0 Å². The fraction of sp³-hybridized carbons (Fsp3) is 0.0588. The zero-order chi connectivity index (χ0) is 17.8. The van der Waals surface area contributed by atoms with Gasteiger partial charge in [-0.15, -0.1) is 0 Å². The van der Waals surface area contributed by atoms with Crippen LogP contribution in [0.2, 0.25) is 5.02 Å². The predicted molar refractivity (Wildman–Crippen MR) is 99.6 cm³/mol. The van der Waals surface area contributed by atoms with E-state index < -0.39 is 4.92 Å². The number of halogens is 1. The van der Waals surface area contributed by atoms with Crippen molar-refractivity contribution in [3.05, 3.63) is 75.6 Å². The molecule has 0 radical (unpaired) electrons. The molecule has 0 amide bonds. The minimum atomic E-state index is -0.436. The summed E-state index contributed by atoms with van der Waals surface area (Å²) in [5.41, 5.74) is 1.04. The smallest absolute Gasteiger partial charge is 0.258 e.